The molecule has 0 atom stereocenters. The van der Waals surface area contributed by atoms with Crippen molar-refractivity contribution in [3.8, 4) is 11.8 Å². The number of carbonyl (C=O) groups is 3. The number of amides is 1. The Morgan fingerprint density at radius 2 is 1.97 bits per heavy atom. The van der Waals surface area contributed by atoms with Gasteiger partial charge in [0.25, 0.3) is 5.91 Å². The zero-order valence-corrected chi connectivity index (χ0v) is 20.6. The number of pyridine rings is 1. The van der Waals surface area contributed by atoms with Crippen molar-refractivity contribution < 1.29 is 24.2 Å². The molecule has 0 spiro atoms. The number of ether oxygens (including phenoxy) is 1. The molecular weight excluding hydrogens is 496 g/mol. The Morgan fingerprint density at radius 1 is 1.24 bits per heavy atom. The summed E-state index contributed by atoms with van der Waals surface area (Å²) in [6, 6.07) is 9.05. The second-order valence-corrected chi connectivity index (χ2v) is 9.03. The molecule has 1 amide bonds. The fourth-order valence-electron chi connectivity index (χ4n) is 3.03. The summed E-state index contributed by atoms with van der Waals surface area (Å²) in [4.78, 5) is 36.4. The molecule has 1 aromatic carbocycles. The van der Waals surface area contributed by atoms with E-state index in [2.05, 4.69) is 17.2 Å². The van der Waals surface area contributed by atoms with Crippen LogP contribution in [0.15, 0.2) is 36.5 Å². The Hall–Kier alpha value is -3.19. The number of nitrogens with one attached hydrogen (secondary N) is 1. The molecule has 3 aromatic rings. The van der Waals surface area contributed by atoms with Crippen molar-refractivity contribution in [1.29, 1.82) is 0 Å². The van der Waals surface area contributed by atoms with E-state index in [0.29, 0.717) is 33.1 Å². The molecule has 176 valence electrons. The van der Waals surface area contributed by atoms with Crippen LogP contribution in [0.1, 0.15) is 40.6 Å². The van der Waals surface area contributed by atoms with Crippen molar-refractivity contribution in [2.75, 3.05) is 6.61 Å². The van der Waals surface area contributed by atoms with Crippen LogP contribution in [0.25, 0.3) is 10.2 Å². The van der Waals surface area contributed by atoms with Crippen LogP contribution in [0.5, 0.6) is 0 Å². The van der Waals surface area contributed by atoms with E-state index in [1.54, 1.807) is 18.3 Å². The summed E-state index contributed by atoms with van der Waals surface area (Å²) in [6.07, 6.45) is 1.27. The fraction of sp³-hybridized carbons (Fsp3) is 0.250. The molecule has 0 saturated carbocycles. The van der Waals surface area contributed by atoms with Crippen LogP contribution in [0.4, 0.5) is 0 Å². The number of aromatic nitrogens is 1. The minimum absolute atomic E-state index is 0.139. The van der Waals surface area contributed by atoms with E-state index in [9.17, 15) is 14.4 Å². The number of fused-ring (bicyclic) bond motifs is 1. The Labute approximate surface area is 210 Å². The van der Waals surface area contributed by atoms with Gasteiger partial charge in [0.1, 0.15) is 4.83 Å². The number of carboxylic acid groups (broad SMARTS) is 1. The second-order valence-electron chi connectivity index (χ2n) is 7.15. The third kappa shape index (κ3) is 6.67. The molecule has 0 bridgehead atoms. The van der Waals surface area contributed by atoms with Gasteiger partial charge in [0.15, 0.2) is 6.61 Å². The number of aryl methyl sites for hydroxylation is 1. The fourth-order valence-corrected chi connectivity index (χ4v) is 4.60. The number of rotatable bonds is 8. The molecule has 0 aliphatic heterocycles. The van der Waals surface area contributed by atoms with Crippen molar-refractivity contribution in [3.63, 3.8) is 0 Å². The van der Waals surface area contributed by atoms with Crippen LogP contribution in [-0.2, 0) is 27.4 Å². The minimum Gasteiger partial charge on any atom is -0.481 e. The van der Waals surface area contributed by atoms with Gasteiger partial charge in [-0.25, -0.2) is 0 Å². The van der Waals surface area contributed by atoms with E-state index in [4.69, 9.17) is 33.7 Å². The Bertz CT molecular complexity index is 1350. The summed E-state index contributed by atoms with van der Waals surface area (Å²) in [5, 5.41) is 12.9. The van der Waals surface area contributed by atoms with Crippen molar-refractivity contribution >= 4 is 63.2 Å². The lowest BCUT2D eigenvalue weighted by Gasteiger charge is -2.10. The molecule has 2 N–H and O–H groups in total. The number of hydrogen-bond acceptors (Lipinski definition) is 6. The molecule has 0 aliphatic carbocycles. The molecule has 0 saturated heterocycles. The molecule has 0 radical (unpaired) electrons. The number of esters is 1. The van der Waals surface area contributed by atoms with Crippen molar-refractivity contribution in [3.05, 3.63) is 62.1 Å². The first-order chi connectivity index (χ1) is 16.3. The summed E-state index contributed by atoms with van der Waals surface area (Å²) in [7, 11) is 0. The highest BCUT2D eigenvalue weighted by molar-refractivity contribution is 7.71. The number of carboxylic acids is 1. The molecule has 10 heteroatoms. The third-order valence-corrected chi connectivity index (χ3v) is 6.54. The van der Waals surface area contributed by atoms with Crippen molar-refractivity contribution in [1.82, 2.24) is 9.88 Å². The number of nitrogens with zero attached hydrogens (tertiary/aromatic N) is 1. The maximum Gasteiger partial charge on any atom is 0.307 e. The van der Waals surface area contributed by atoms with Gasteiger partial charge in [-0.3, -0.25) is 14.4 Å². The number of carbonyl (C=O) groups excluding carboxylic acids is 2. The molecule has 3 rings (SSSR count). The van der Waals surface area contributed by atoms with Crippen LogP contribution in [0, 0.1) is 16.4 Å². The quantitative estimate of drug-likeness (QED) is 0.254. The van der Waals surface area contributed by atoms with Gasteiger partial charge in [-0.2, -0.15) is 0 Å². The third-order valence-electron chi connectivity index (χ3n) is 4.76. The highest BCUT2D eigenvalue weighted by atomic mass is 35.5. The average molecular weight is 517 g/mol. The standard InChI is InChI=1S/C24H21ClN2O5S2/c1-2-27-14-19(23(31)26-13-15-5-7-16(25)8-6-15)22(33)18-12-17(34-24(18)27)4-3-11-32-21(30)10-9-20(28)29/h5-8,12,14H,2,9-11,13H2,1H3,(H,26,31)(H,28,29). The molecular formula is C24H21ClN2O5S2. The van der Waals surface area contributed by atoms with Crippen LogP contribution in [0.3, 0.4) is 0 Å². The number of halogens is 1. The highest BCUT2D eigenvalue weighted by Gasteiger charge is 2.15. The topological polar surface area (TPSA) is 97.6 Å². The van der Waals surface area contributed by atoms with Gasteiger partial charge < -0.3 is 19.7 Å². The first-order valence-electron chi connectivity index (χ1n) is 10.3. The van der Waals surface area contributed by atoms with E-state index < -0.39 is 11.9 Å². The smallest absolute Gasteiger partial charge is 0.307 e. The highest BCUT2D eigenvalue weighted by Crippen LogP contribution is 2.28. The average Bonchev–Trinajstić information content (AvgIpc) is 3.25. The lowest BCUT2D eigenvalue weighted by Crippen LogP contribution is -2.24. The van der Waals surface area contributed by atoms with Gasteiger partial charge in [-0.1, -0.05) is 47.8 Å². The van der Waals surface area contributed by atoms with Crippen LogP contribution in [0.2, 0.25) is 5.02 Å². The molecule has 2 heterocycles. The molecule has 0 fully saturated rings. The van der Waals surface area contributed by atoms with Gasteiger partial charge in [0.2, 0.25) is 0 Å². The predicted octanol–water partition coefficient (Wildman–Crippen LogP) is 4.80. The number of aliphatic carboxylic acids is 1. The van der Waals surface area contributed by atoms with Gasteiger partial charge in [-0.15, -0.1) is 11.3 Å². The number of hydrogen-bond donors (Lipinski definition) is 2. The zero-order valence-electron chi connectivity index (χ0n) is 18.2. The Morgan fingerprint density at radius 3 is 2.65 bits per heavy atom. The zero-order chi connectivity index (χ0) is 24.7. The van der Waals surface area contributed by atoms with Gasteiger partial charge in [0, 0.05) is 29.7 Å². The van der Waals surface area contributed by atoms with Crippen molar-refractivity contribution in [2.24, 2.45) is 0 Å². The monoisotopic (exact) mass is 516 g/mol. The first-order valence-corrected chi connectivity index (χ1v) is 11.9. The minimum atomic E-state index is -1.06. The van der Waals surface area contributed by atoms with Crippen LogP contribution in [-0.4, -0.2) is 34.1 Å². The van der Waals surface area contributed by atoms with E-state index in [-0.39, 0.29) is 25.4 Å². The molecule has 7 nitrogen and oxygen atoms in total. The van der Waals surface area contributed by atoms with Crippen molar-refractivity contribution in [2.45, 2.75) is 32.9 Å². The lowest BCUT2D eigenvalue weighted by atomic mass is 10.2. The van der Waals surface area contributed by atoms with Gasteiger partial charge in [0.05, 0.1) is 27.8 Å². The van der Waals surface area contributed by atoms with Gasteiger partial charge >= 0.3 is 11.9 Å². The van der Waals surface area contributed by atoms with Crippen LogP contribution < -0.4 is 5.32 Å². The summed E-state index contributed by atoms with van der Waals surface area (Å²) in [6.45, 7) is 2.82. The maximum atomic E-state index is 12.9. The molecule has 0 unspecified atom stereocenters. The van der Waals surface area contributed by atoms with Crippen LogP contribution >= 0.6 is 35.2 Å². The summed E-state index contributed by atoms with van der Waals surface area (Å²) in [5.74, 6) is 3.75. The first kappa shape index (κ1) is 25.4. The molecule has 0 aliphatic rings. The van der Waals surface area contributed by atoms with E-state index >= 15 is 0 Å². The summed E-state index contributed by atoms with van der Waals surface area (Å²) in [5.41, 5.74) is 1.33. The summed E-state index contributed by atoms with van der Waals surface area (Å²) < 4.78 is 7.31. The Balaban J connectivity index is 1.75. The lowest BCUT2D eigenvalue weighted by molar-refractivity contribution is -0.146. The predicted molar refractivity (Wildman–Crippen MR) is 134 cm³/mol. The van der Waals surface area contributed by atoms with E-state index in [0.717, 1.165) is 15.8 Å². The Kier molecular flexibility index (Phi) is 8.82. The molecule has 2 aromatic heterocycles. The normalized spacial score (nSPS) is 10.4. The number of thiophene rings is 1. The molecule has 34 heavy (non-hydrogen) atoms. The van der Waals surface area contributed by atoms with Gasteiger partial charge in [-0.05, 0) is 30.7 Å². The van der Waals surface area contributed by atoms with E-state index in [1.807, 2.05) is 29.7 Å². The second kappa shape index (κ2) is 11.8. The van der Waals surface area contributed by atoms with E-state index in [1.165, 1.54) is 11.3 Å². The SMILES string of the molecule is CCn1cc(C(=O)NCc2ccc(Cl)cc2)c(=S)c2cc(C#CCOC(=O)CCC(=O)O)sc21. The maximum absolute atomic E-state index is 12.9. The number of benzene rings is 1. The summed E-state index contributed by atoms with van der Waals surface area (Å²) >= 11 is 12.9. The largest absolute Gasteiger partial charge is 0.481 e.